The van der Waals surface area contributed by atoms with E-state index in [0.717, 1.165) is 25.9 Å². The number of amides is 1. The number of thiazole rings is 1. The second-order valence-corrected chi connectivity index (χ2v) is 5.73. The first-order valence-electron chi connectivity index (χ1n) is 6.30. The number of nitrogens with zero attached hydrogens (tertiary/aromatic N) is 2. The molecule has 1 saturated heterocycles. The van der Waals surface area contributed by atoms with E-state index in [0.29, 0.717) is 18.6 Å². The van der Waals surface area contributed by atoms with Gasteiger partial charge >= 0.3 is 0 Å². The third-order valence-electron chi connectivity index (χ3n) is 3.33. The smallest absolute Gasteiger partial charge is 0.231 e. The SMILES string of the molecule is CC(NC1CCN(CC(N)=O)CC1)c1cncs1. The largest absolute Gasteiger partial charge is 0.369 e. The number of carbonyl (C=O) groups excluding carboxylic acids is 1. The molecule has 1 amide bonds. The Bertz CT molecular complexity index is 373. The summed E-state index contributed by atoms with van der Waals surface area (Å²) in [6.45, 7) is 4.44. The van der Waals surface area contributed by atoms with Crippen LogP contribution in [-0.2, 0) is 4.79 Å². The van der Waals surface area contributed by atoms with Gasteiger partial charge in [0, 0.05) is 36.2 Å². The molecule has 0 aromatic carbocycles. The summed E-state index contributed by atoms with van der Waals surface area (Å²) in [7, 11) is 0. The van der Waals surface area contributed by atoms with Crippen LogP contribution in [0.2, 0.25) is 0 Å². The fourth-order valence-electron chi connectivity index (χ4n) is 2.35. The van der Waals surface area contributed by atoms with Gasteiger partial charge in [0.1, 0.15) is 0 Å². The number of nitrogens with one attached hydrogen (secondary N) is 1. The van der Waals surface area contributed by atoms with E-state index in [4.69, 9.17) is 5.73 Å². The fourth-order valence-corrected chi connectivity index (χ4v) is 2.99. The Hall–Kier alpha value is -0.980. The molecule has 0 spiro atoms. The second kappa shape index (κ2) is 6.26. The van der Waals surface area contributed by atoms with Gasteiger partial charge in [0.05, 0.1) is 12.1 Å². The summed E-state index contributed by atoms with van der Waals surface area (Å²) in [5.41, 5.74) is 7.07. The molecular weight excluding hydrogens is 248 g/mol. The summed E-state index contributed by atoms with van der Waals surface area (Å²) in [5, 5.41) is 3.62. The molecule has 18 heavy (non-hydrogen) atoms. The maximum absolute atomic E-state index is 10.8. The lowest BCUT2D eigenvalue weighted by Gasteiger charge is -2.33. The molecule has 3 N–H and O–H groups in total. The van der Waals surface area contributed by atoms with Crippen LogP contribution in [0.15, 0.2) is 11.7 Å². The minimum atomic E-state index is -0.237. The second-order valence-electron chi connectivity index (χ2n) is 4.81. The van der Waals surface area contributed by atoms with Gasteiger partial charge < -0.3 is 11.1 Å². The molecule has 0 aliphatic carbocycles. The number of aromatic nitrogens is 1. The average Bonchev–Trinajstić information content (AvgIpc) is 2.84. The molecule has 1 atom stereocenters. The van der Waals surface area contributed by atoms with Gasteiger partial charge in [-0.1, -0.05) is 0 Å². The molecule has 0 radical (unpaired) electrons. The first kappa shape index (κ1) is 13.5. The predicted molar refractivity (Wildman–Crippen MR) is 72.3 cm³/mol. The van der Waals surface area contributed by atoms with Crippen molar-refractivity contribution in [2.24, 2.45) is 5.73 Å². The van der Waals surface area contributed by atoms with Crippen molar-refractivity contribution < 1.29 is 4.79 Å². The zero-order valence-electron chi connectivity index (χ0n) is 10.6. The van der Waals surface area contributed by atoms with Gasteiger partial charge in [-0.15, -0.1) is 11.3 Å². The van der Waals surface area contributed by atoms with Crippen LogP contribution in [0.1, 0.15) is 30.7 Å². The Labute approximate surface area is 111 Å². The quantitative estimate of drug-likeness (QED) is 0.826. The minimum Gasteiger partial charge on any atom is -0.369 e. The van der Waals surface area contributed by atoms with Crippen LogP contribution in [-0.4, -0.2) is 41.5 Å². The topological polar surface area (TPSA) is 71.2 Å². The Kier molecular flexibility index (Phi) is 4.68. The van der Waals surface area contributed by atoms with Crippen LogP contribution < -0.4 is 11.1 Å². The molecule has 1 unspecified atom stereocenters. The van der Waals surface area contributed by atoms with Crippen molar-refractivity contribution in [1.82, 2.24) is 15.2 Å². The summed E-state index contributed by atoms with van der Waals surface area (Å²) in [5.74, 6) is -0.237. The highest BCUT2D eigenvalue weighted by atomic mass is 32.1. The maximum Gasteiger partial charge on any atom is 0.231 e. The van der Waals surface area contributed by atoms with E-state index >= 15 is 0 Å². The molecule has 0 saturated carbocycles. The van der Waals surface area contributed by atoms with Crippen molar-refractivity contribution in [2.75, 3.05) is 19.6 Å². The molecule has 2 heterocycles. The average molecular weight is 268 g/mol. The van der Waals surface area contributed by atoms with Gasteiger partial charge in [-0.25, -0.2) is 0 Å². The number of hydrogen-bond donors (Lipinski definition) is 2. The zero-order chi connectivity index (χ0) is 13.0. The number of carbonyl (C=O) groups is 1. The van der Waals surface area contributed by atoms with E-state index in [1.807, 2.05) is 11.7 Å². The highest BCUT2D eigenvalue weighted by Gasteiger charge is 2.21. The van der Waals surface area contributed by atoms with Crippen molar-refractivity contribution in [3.05, 3.63) is 16.6 Å². The zero-order valence-corrected chi connectivity index (χ0v) is 11.4. The Morgan fingerprint density at radius 2 is 2.39 bits per heavy atom. The third kappa shape index (κ3) is 3.76. The van der Waals surface area contributed by atoms with Gasteiger partial charge in [0.15, 0.2) is 0 Å². The summed E-state index contributed by atoms with van der Waals surface area (Å²) in [4.78, 5) is 18.3. The first-order valence-corrected chi connectivity index (χ1v) is 7.18. The predicted octanol–water partition coefficient (Wildman–Crippen LogP) is 0.743. The van der Waals surface area contributed by atoms with Crippen LogP contribution in [0.3, 0.4) is 0 Å². The molecule has 100 valence electrons. The van der Waals surface area contributed by atoms with Crippen LogP contribution in [0, 0.1) is 0 Å². The van der Waals surface area contributed by atoms with Gasteiger partial charge in [0.25, 0.3) is 0 Å². The summed E-state index contributed by atoms with van der Waals surface area (Å²) < 4.78 is 0. The van der Waals surface area contributed by atoms with Crippen LogP contribution in [0.5, 0.6) is 0 Å². The van der Waals surface area contributed by atoms with Crippen LogP contribution >= 0.6 is 11.3 Å². The van der Waals surface area contributed by atoms with Crippen molar-refractivity contribution in [3.8, 4) is 0 Å². The lowest BCUT2D eigenvalue weighted by atomic mass is 10.0. The molecule has 1 aromatic heterocycles. The number of primary amides is 1. The summed E-state index contributed by atoms with van der Waals surface area (Å²) >= 11 is 1.68. The first-order chi connectivity index (χ1) is 8.65. The molecule has 2 rings (SSSR count). The molecule has 0 bridgehead atoms. The van der Waals surface area contributed by atoms with E-state index < -0.39 is 0 Å². The van der Waals surface area contributed by atoms with E-state index in [2.05, 4.69) is 22.1 Å². The van der Waals surface area contributed by atoms with Gasteiger partial charge in [-0.3, -0.25) is 14.7 Å². The van der Waals surface area contributed by atoms with Crippen molar-refractivity contribution in [1.29, 1.82) is 0 Å². The summed E-state index contributed by atoms with van der Waals surface area (Å²) in [6.07, 6.45) is 4.05. The Morgan fingerprint density at radius 3 is 2.94 bits per heavy atom. The highest BCUT2D eigenvalue weighted by molar-refractivity contribution is 7.09. The number of rotatable bonds is 5. The van der Waals surface area contributed by atoms with Crippen LogP contribution in [0.4, 0.5) is 0 Å². The maximum atomic E-state index is 10.8. The standard InChI is InChI=1S/C12H20N4OS/c1-9(11-6-14-8-18-11)15-10-2-4-16(5-3-10)7-12(13)17/h6,8-10,15H,2-5,7H2,1H3,(H2,13,17). The molecule has 1 aromatic rings. The van der Waals surface area contributed by atoms with E-state index in [-0.39, 0.29) is 5.91 Å². The number of likely N-dealkylation sites (tertiary alicyclic amines) is 1. The molecule has 1 fully saturated rings. The van der Waals surface area contributed by atoms with E-state index in [1.54, 1.807) is 11.3 Å². The van der Waals surface area contributed by atoms with Crippen LogP contribution in [0.25, 0.3) is 0 Å². The third-order valence-corrected chi connectivity index (χ3v) is 4.29. The molecule has 1 aliphatic heterocycles. The van der Waals surface area contributed by atoms with Crippen molar-refractivity contribution in [3.63, 3.8) is 0 Å². The number of nitrogens with two attached hydrogens (primary N) is 1. The Morgan fingerprint density at radius 1 is 1.67 bits per heavy atom. The number of piperidine rings is 1. The molecular formula is C12H20N4OS. The Balaban J connectivity index is 1.75. The monoisotopic (exact) mass is 268 g/mol. The van der Waals surface area contributed by atoms with Gasteiger partial charge in [-0.2, -0.15) is 0 Å². The molecule has 6 heteroatoms. The van der Waals surface area contributed by atoms with Crippen molar-refractivity contribution in [2.45, 2.75) is 31.8 Å². The fraction of sp³-hybridized carbons (Fsp3) is 0.667. The normalized spacial score (nSPS) is 19.8. The van der Waals surface area contributed by atoms with E-state index in [9.17, 15) is 4.79 Å². The summed E-state index contributed by atoms with van der Waals surface area (Å²) in [6, 6.07) is 0.872. The molecule has 5 nitrogen and oxygen atoms in total. The van der Waals surface area contributed by atoms with E-state index in [1.165, 1.54) is 4.88 Å². The lowest BCUT2D eigenvalue weighted by Crippen LogP contribution is -2.45. The van der Waals surface area contributed by atoms with Crippen molar-refractivity contribution >= 4 is 17.2 Å². The number of hydrogen-bond acceptors (Lipinski definition) is 5. The van der Waals surface area contributed by atoms with Gasteiger partial charge in [0.2, 0.25) is 5.91 Å². The van der Waals surface area contributed by atoms with Gasteiger partial charge in [-0.05, 0) is 19.8 Å². The molecule has 1 aliphatic rings. The minimum absolute atomic E-state index is 0.237. The highest BCUT2D eigenvalue weighted by Crippen LogP contribution is 2.19. The lowest BCUT2D eigenvalue weighted by molar-refractivity contribution is -0.119.